The van der Waals surface area contributed by atoms with Crippen molar-refractivity contribution in [1.82, 2.24) is 19.5 Å². The fourth-order valence-electron chi connectivity index (χ4n) is 2.94. The van der Waals surface area contributed by atoms with Crippen LogP contribution in [-0.4, -0.2) is 34.4 Å². The summed E-state index contributed by atoms with van der Waals surface area (Å²) >= 11 is 1.45. The van der Waals surface area contributed by atoms with E-state index in [1.54, 1.807) is 23.6 Å². The Morgan fingerprint density at radius 3 is 2.50 bits per heavy atom. The molecule has 0 fully saturated rings. The van der Waals surface area contributed by atoms with Crippen LogP contribution >= 0.6 is 11.8 Å². The Kier molecular flexibility index (Phi) is 6.54. The number of thioether (sulfide) groups is 1. The lowest BCUT2D eigenvalue weighted by Crippen LogP contribution is -2.27. The van der Waals surface area contributed by atoms with Crippen LogP contribution in [0.4, 0.5) is 5.69 Å². The zero-order valence-corrected chi connectivity index (χ0v) is 18.3. The first-order chi connectivity index (χ1) is 14.1. The van der Waals surface area contributed by atoms with Crippen molar-refractivity contribution in [2.24, 2.45) is 0 Å². The standard InChI is InChI=1S/C19H21N5O4S2/c1-13-5-4-6-15(11-13)12-29-19-21-20-18(14(2)22-30(3,27)28)23(19)16-7-9-17(10-8-16)24(25)26/h4-11,14,22H,12H2,1-3H3. The van der Waals surface area contributed by atoms with Crippen LogP contribution in [0.3, 0.4) is 0 Å². The molecule has 1 aromatic heterocycles. The Morgan fingerprint density at radius 2 is 1.90 bits per heavy atom. The molecule has 1 heterocycles. The molecule has 0 radical (unpaired) electrons. The van der Waals surface area contributed by atoms with Gasteiger partial charge in [0.2, 0.25) is 10.0 Å². The summed E-state index contributed by atoms with van der Waals surface area (Å²) in [6, 6.07) is 13.4. The lowest BCUT2D eigenvalue weighted by atomic mass is 10.2. The molecule has 0 spiro atoms. The molecule has 0 bridgehead atoms. The zero-order chi connectivity index (χ0) is 21.9. The van der Waals surface area contributed by atoms with Gasteiger partial charge in [-0.15, -0.1) is 10.2 Å². The van der Waals surface area contributed by atoms with Crippen molar-refractivity contribution >= 4 is 27.5 Å². The van der Waals surface area contributed by atoms with Gasteiger partial charge in [-0.25, -0.2) is 13.1 Å². The van der Waals surface area contributed by atoms with E-state index in [-0.39, 0.29) is 5.69 Å². The summed E-state index contributed by atoms with van der Waals surface area (Å²) < 4.78 is 27.6. The number of hydrogen-bond donors (Lipinski definition) is 1. The molecule has 0 amide bonds. The lowest BCUT2D eigenvalue weighted by Gasteiger charge is -2.15. The van der Waals surface area contributed by atoms with Gasteiger partial charge in [-0.3, -0.25) is 14.7 Å². The molecule has 1 unspecified atom stereocenters. The molecule has 0 aliphatic heterocycles. The third-order valence-corrected chi connectivity index (χ3v) is 5.99. The van der Waals surface area contributed by atoms with Gasteiger partial charge in [-0.2, -0.15) is 0 Å². The summed E-state index contributed by atoms with van der Waals surface area (Å²) in [5, 5.41) is 20.0. The predicted molar refractivity (Wildman–Crippen MR) is 115 cm³/mol. The Bertz CT molecular complexity index is 1160. The molecular formula is C19H21N5O4S2. The minimum absolute atomic E-state index is 0.0374. The van der Waals surface area contributed by atoms with Crippen molar-refractivity contribution in [1.29, 1.82) is 0 Å². The highest BCUT2D eigenvalue weighted by Crippen LogP contribution is 2.28. The number of non-ortho nitro benzene ring substituents is 1. The minimum atomic E-state index is -3.47. The number of hydrogen-bond acceptors (Lipinski definition) is 7. The topological polar surface area (TPSA) is 120 Å². The summed E-state index contributed by atoms with van der Waals surface area (Å²) in [5.74, 6) is 1.03. The molecule has 0 aliphatic rings. The maximum atomic E-state index is 11.7. The number of rotatable bonds is 8. The first-order valence-corrected chi connectivity index (χ1v) is 11.9. The summed E-state index contributed by atoms with van der Waals surface area (Å²) in [5.41, 5.74) is 2.83. The van der Waals surface area contributed by atoms with Crippen LogP contribution < -0.4 is 4.72 Å². The number of nitro groups is 1. The predicted octanol–water partition coefficient (Wildman–Crippen LogP) is 3.39. The van der Waals surface area contributed by atoms with Crippen LogP contribution in [0.1, 0.15) is 29.9 Å². The molecule has 0 saturated heterocycles. The van der Waals surface area contributed by atoms with Crippen molar-refractivity contribution in [3.8, 4) is 5.69 Å². The van der Waals surface area contributed by atoms with Crippen LogP contribution in [0.25, 0.3) is 5.69 Å². The second-order valence-corrected chi connectivity index (χ2v) is 9.56. The summed E-state index contributed by atoms with van der Waals surface area (Å²) in [7, 11) is -3.47. The van der Waals surface area contributed by atoms with Gasteiger partial charge >= 0.3 is 0 Å². The van der Waals surface area contributed by atoms with Crippen LogP contribution in [0.2, 0.25) is 0 Å². The Labute approximate surface area is 178 Å². The normalized spacial score (nSPS) is 12.6. The van der Waals surface area contributed by atoms with E-state index in [1.807, 2.05) is 25.1 Å². The van der Waals surface area contributed by atoms with Gasteiger partial charge in [0.1, 0.15) is 0 Å². The molecule has 1 N–H and O–H groups in total. The maximum Gasteiger partial charge on any atom is 0.269 e. The van der Waals surface area contributed by atoms with Gasteiger partial charge in [0, 0.05) is 23.6 Å². The second kappa shape index (κ2) is 8.94. The molecule has 30 heavy (non-hydrogen) atoms. The molecule has 1 atom stereocenters. The molecule has 158 valence electrons. The van der Waals surface area contributed by atoms with E-state index >= 15 is 0 Å². The first-order valence-electron chi connectivity index (χ1n) is 9.00. The summed E-state index contributed by atoms with van der Waals surface area (Å²) in [6.07, 6.45) is 1.07. The van der Waals surface area contributed by atoms with Gasteiger partial charge in [0.05, 0.1) is 17.2 Å². The zero-order valence-electron chi connectivity index (χ0n) is 16.6. The third kappa shape index (κ3) is 5.43. The number of sulfonamides is 1. The molecule has 0 aliphatic carbocycles. The van der Waals surface area contributed by atoms with Crippen molar-refractivity contribution in [2.45, 2.75) is 30.8 Å². The minimum Gasteiger partial charge on any atom is -0.273 e. The maximum absolute atomic E-state index is 11.7. The SMILES string of the molecule is Cc1cccc(CSc2nnc(C(C)NS(C)(=O)=O)n2-c2ccc([N+](=O)[O-])cc2)c1. The quantitative estimate of drug-likeness (QED) is 0.319. The number of benzene rings is 2. The van der Waals surface area contributed by atoms with Crippen LogP contribution in [0.5, 0.6) is 0 Å². The smallest absolute Gasteiger partial charge is 0.269 e. The molecule has 0 saturated carbocycles. The molecular weight excluding hydrogens is 426 g/mol. The molecule has 3 rings (SSSR count). The summed E-state index contributed by atoms with van der Waals surface area (Å²) in [6.45, 7) is 3.69. The highest BCUT2D eigenvalue weighted by atomic mass is 32.2. The van der Waals surface area contributed by atoms with E-state index in [2.05, 4.69) is 21.0 Å². The van der Waals surface area contributed by atoms with Crippen LogP contribution in [-0.2, 0) is 15.8 Å². The molecule has 3 aromatic rings. The van der Waals surface area contributed by atoms with Gasteiger partial charge in [0.15, 0.2) is 11.0 Å². The second-order valence-electron chi connectivity index (χ2n) is 6.84. The number of aryl methyl sites for hydroxylation is 1. The van der Waals surface area contributed by atoms with E-state index in [0.29, 0.717) is 22.4 Å². The number of nitro benzene ring substituents is 1. The first kappa shape index (κ1) is 21.9. The Hall–Kier alpha value is -2.76. The summed E-state index contributed by atoms with van der Waals surface area (Å²) in [4.78, 5) is 10.5. The molecule has 11 heteroatoms. The van der Waals surface area contributed by atoms with Crippen molar-refractivity contribution in [3.63, 3.8) is 0 Å². The van der Waals surface area contributed by atoms with E-state index in [4.69, 9.17) is 0 Å². The average Bonchev–Trinajstić information content (AvgIpc) is 3.09. The number of nitrogens with one attached hydrogen (secondary N) is 1. The van der Waals surface area contributed by atoms with E-state index in [1.165, 1.54) is 23.9 Å². The van der Waals surface area contributed by atoms with E-state index in [9.17, 15) is 18.5 Å². The van der Waals surface area contributed by atoms with Gasteiger partial charge in [-0.05, 0) is 31.5 Å². The number of nitrogens with zero attached hydrogens (tertiary/aromatic N) is 4. The van der Waals surface area contributed by atoms with Gasteiger partial charge in [-0.1, -0.05) is 41.6 Å². The van der Waals surface area contributed by atoms with Crippen LogP contribution in [0, 0.1) is 17.0 Å². The number of aromatic nitrogens is 3. The van der Waals surface area contributed by atoms with Gasteiger partial charge in [0.25, 0.3) is 5.69 Å². The van der Waals surface area contributed by atoms with Gasteiger partial charge < -0.3 is 0 Å². The average molecular weight is 448 g/mol. The van der Waals surface area contributed by atoms with E-state index < -0.39 is 21.0 Å². The lowest BCUT2D eigenvalue weighted by molar-refractivity contribution is -0.384. The fourth-order valence-corrected chi connectivity index (χ4v) is 4.59. The van der Waals surface area contributed by atoms with Crippen molar-refractivity contribution in [2.75, 3.05) is 6.26 Å². The highest BCUT2D eigenvalue weighted by Gasteiger charge is 2.22. The highest BCUT2D eigenvalue weighted by molar-refractivity contribution is 7.98. The molecule has 9 nitrogen and oxygen atoms in total. The largest absolute Gasteiger partial charge is 0.273 e. The Balaban J connectivity index is 1.98. The van der Waals surface area contributed by atoms with Crippen LogP contribution in [0.15, 0.2) is 53.7 Å². The Morgan fingerprint density at radius 1 is 1.20 bits per heavy atom. The molecule has 2 aromatic carbocycles. The fraction of sp³-hybridized carbons (Fsp3) is 0.263. The van der Waals surface area contributed by atoms with Crippen molar-refractivity contribution in [3.05, 3.63) is 75.6 Å². The van der Waals surface area contributed by atoms with E-state index in [0.717, 1.165) is 17.4 Å². The van der Waals surface area contributed by atoms with Crippen molar-refractivity contribution < 1.29 is 13.3 Å². The monoisotopic (exact) mass is 447 g/mol. The third-order valence-electron chi connectivity index (χ3n) is 4.21.